The van der Waals surface area contributed by atoms with Crippen molar-refractivity contribution in [3.8, 4) is 5.88 Å². The Balaban J connectivity index is 2.03. The standard InChI is InChI=1S/C13H21N3O/c1-9-4-10(7-13(2,3)6-9)17-12-5-11(14)15-8-16-12/h5,8-10H,4,6-7H2,1-3H3,(H2,14,15,16). The van der Waals surface area contributed by atoms with Gasteiger partial charge in [-0.05, 0) is 30.6 Å². The van der Waals surface area contributed by atoms with Crippen molar-refractivity contribution in [1.29, 1.82) is 0 Å². The zero-order chi connectivity index (χ0) is 12.5. The molecule has 1 heterocycles. The Morgan fingerprint density at radius 1 is 1.35 bits per heavy atom. The van der Waals surface area contributed by atoms with E-state index in [0.29, 0.717) is 23.0 Å². The van der Waals surface area contributed by atoms with E-state index in [1.165, 1.54) is 12.7 Å². The second kappa shape index (κ2) is 4.51. The van der Waals surface area contributed by atoms with Crippen LogP contribution < -0.4 is 10.5 Å². The molecular formula is C13H21N3O. The first-order chi connectivity index (χ1) is 7.94. The number of rotatable bonds is 2. The van der Waals surface area contributed by atoms with Crippen molar-refractivity contribution in [2.75, 3.05) is 5.73 Å². The highest BCUT2D eigenvalue weighted by Gasteiger charge is 2.33. The number of nitrogen functional groups attached to an aromatic ring is 1. The van der Waals surface area contributed by atoms with E-state index in [9.17, 15) is 0 Å². The molecule has 0 radical (unpaired) electrons. The molecule has 17 heavy (non-hydrogen) atoms. The van der Waals surface area contributed by atoms with Crippen molar-refractivity contribution >= 4 is 5.82 Å². The van der Waals surface area contributed by atoms with Gasteiger partial charge in [-0.3, -0.25) is 0 Å². The molecule has 2 rings (SSSR count). The predicted molar refractivity (Wildman–Crippen MR) is 67.7 cm³/mol. The third-order valence-electron chi connectivity index (χ3n) is 3.30. The molecular weight excluding hydrogens is 214 g/mol. The monoisotopic (exact) mass is 235 g/mol. The summed E-state index contributed by atoms with van der Waals surface area (Å²) in [6.07, 6.45) is 5.11. The lowest BCUT2D eigenvalue weighted by atomic mass is 9.71. The van der Waals surface area contributed by atoms with Gasteiger partial charge in [0, 0.05) is 6.07 Å². The number of anilines is 1. The average molecular weight is 235 g/mol. The quantitative estimate of drug-likeness (QED) is 0.856. The number of hydrogen-bond donors (Lipinski definition) is 1. The van der Waals surface area contributed by atoms with Gasteiger partial charge in [-0.15, -0.1) is 0 Å². The van der Waals surface area contributed by atoms with Crippen LogP contribution in [0.3, 0.4) is 0 Å². The number of nitrogens with zero attached hydrogens (tertiary/aromatic N) is 2. The van der Waals surface area contributed by atoms with E-state index in [2.05, 4.69) is 30.7 Å². The molecule has 4 heteroatoms. The fourth-order valence-electron chi connectivity index (χ4n) is 2.94. The van der Waals surface area contributed by atoms with Crippen LogP contribution in [-0.2, 0) is 0 Å². The van der Waals surface area contributed by atoms with Gasteiger partial charge < -0.3 is 10.5 Å². The Kier molecular flexibility index (Phi) is 3.22. The van der Waals surface area contributed by atoms with Gasteiger partial charge in [0.2, 0.25) is 5.88 Å². The van der Waals surface area contributed by atoms with Crippen LogP contribution in [0.5, 0.6) is 5.88 Å². The lowest BCUT2D eigenvalue weighted by molar-refractivity contribution is 0.0532. The molecule has 0 aliphatic heterocycles. The van der Waals surface area contributed by atoms with Gasteiger partial charge in [0.1, 0.15) is 18.2 Å². The molecule has 0 bridgehead atoms. The highest BCUT2D eigenvalue weighted by atomic mass is 16.5. The van der Waals surface area contributed by atoms with Crippen molar-refractivity contribution in [2.45, 2.75) is 46.1 Å². The third-order valence-corrected chi connectivity index (χ3v) is 3.30. The molecule has 2 N–H and O–H groups in total. The highest BCUT2D eigenvalue weighted by Crippen LogP contribution is 2.39. The van der Waals surface area contributed by atoms with Crippen LogP contribution in [0.4, 0.5) is 5.82 Å². The zero-order valence-corrected chi connectivity index (χ0v) is 10.8. The molecule has 0 spiro atoms. The summed E-state index contributed by atoms with van der Waals surface area (Å²) < 4.78 is 5.91. The summed E-state index contributed by atoms with van der Waals surface area (Å²) in [5.41, 5.74) is 5.96. The Morgan fingerprint density at radius 3 is 2.76 bits per heavy atom. The van der Waals surface area contributed by atoms with Gasteiger partial charge in [0.05, 0.1) is 0 Å². The maximum Gasteiger partial charge on any atom is 0.218 e. The minimum absolute atomic E-state index is 0.239. The summed E-state index contributed by atoms with van der Waals surface area (Å²) in [6.45, 7) is 6.88. The third kappa shape index (κ3) is 3.32. The normalized spacial score (nSPS) is 27.7. The van der Waals surface area contributed by atoms with Crippen molar-refractivity contribution in [1.82, 2.24) is 9.97 Å². The Hall–Kier alpha value is -1.32. The van der Waals surface area contributed by atoms with Gasteiger partial charge in [-0.25, -0.2) is 9.97 Å². The molecule has 94 valence electrons. The number of nitrogens with two attached hydrogens (primary N) is 1. The van der Waals surface area contributed by atoms with Crippen molar-refractivity contribution in [2.24, 2.45) is 11.3 Å². The minimum atomic E-state index is 0.239. The van der Waals surface area contributed by atoms with Gasteiger partial charge in [0.15, 0.2) is 0 Å². The van der Waals surface area contributed by atoms with Gasteiger partial charge in [-0.1, -0.05) is 20.8 Å². The van der Waals surface area contributed by atoms with E-state index in [4.69, 9.17) is 10.5 Å². The SMILES string of the molecule is CC1CC(Oc2cc(N)ncn2)CC(C)(C)C1. The molecule has 0 amide bonds. The Labute approximate surface area is 103 Å². The summed E-state index contributed by atoms with van der Waals surface area (Å²) >= 11 is 0. The summed E-state index contributed by atoms with van der Waals surface area (Å²) in [5.74, 6) is 1.74. The molecule has 1 aliphatic rings. The zero-order valence-electron chi connectivity index (χ0n) is 10.8. The summed E-state index contributed by atoms with van der Waals surface area (Å²) in [6, 6.07) is 1.69. The van der Waals surface area contributed by atoms with Crippen LogP contribution in [0, 0.1) is 11.3 Å². The second-order valence-corrected chi connectivity index (χ2v) is 5.93. The second-order valence-electron chi connectivity index (χ2n) is 5.93. The molecule has 1 aliphatic carbocycles. The number of ether oxygens (including phenoxy) is 1. The number of aromatic nitrogens is 2. The van der Waals surface area contributed by atoms with E-state index in [0.717, 1.165) is 12.8 Å². The van der Waals surface area contributed by atoms with Gasteiger partial charge >= 0.3 is 0 Å². The van der Waals surface area contributed by atoms with Crippen LogP contribution >= 0.6 is 0 Å². The predicted octanol–water partition coefficient (Wildman–Crippen LogP) is 2.65. The molecule has 4 nitrogen and oxygen atoms in total. The van der Waals surface area contributed by atoms with E-state index < -0.39 is 0 Å². The molecule has 1 fully saturated rings. The van der Waals surface area contributed by atoms with E-state index in [-0.39, 0.29) is 6.10 Å². The maximum atomic E-state index is 5.91. The summed E-state index contributed by atoms with van der Waals surface area (Å²) in [7, 11) is 0. The molecule has 0 aromatic carbocycles. The van der Waals surface area contributed by atoms with Crippen LogP contribution in [0.15, 0.2) is 12.4 Å². The molecule has 1 saturated carbocycles. The average Bonchev–Trinajstić information content (AvgIpc) is 2.13. The van der Waals surface area contributed by atoms with Crippen molar-refractivity contribution in [3.63, 3.8) is 0 Å². The molecule has 1 aromatic rings. The molecule has 2 unspecified atom stereocenters. The maximum absolute atomic E-state index is 5.91. The minimum Gasteiger partial charge on any atom is -0.474 e. The van der Waals surface area contributed by atoms with E-state index >= 15 is 0 Å². The number of hydrogen-bond acceptors (Lipinski definition) is 4. The lowest BCUT2D eigenvalue weighted by Crippen LogP contribution is -2.34. The van der Waals surface area contributed by atoms with Crippen LogP contribution in [0.2, 0.25) is 0 Å². The van der Waals surface area contributed by atoms with E-state index in [1.807, 2.05) is 0 Å². The highest BCUT2D eigenvalue weighted by molar-refractivity contribution is 5.30. The van der Waals surface area contributed by atoms with Crippen molar-refractivity contribution < 1.29 is 4.74 Å². The Morgan fingerprint density at radius 2 is 2.12 bits per heavy atom. The van der Waals surface area contributed by atoms with Gasteiger partial charge in [-0.2, -0.15) is 0 Å². The first-order valence-corrected chi connectivity index (χ1v) is 6.19. The fraction of sp³-hybridized carbons (Fsp3) is 0.692. The molecule has 0 saturated heterocycles. The first kappa shape index (κ1) is 12.1. The van der Waals surface area contributed by atoms with E-state index in [1.54, 1.807) is 6.07 Å². The Bertz CT molecular complexity index is 392. The largest absolute Gasteiger partial charge is 0.474 e. The summed E-state index contributed by atoms with van der Waals surface area (Å²) in [5, 5.41) is 0. The summed E-state index contributed by atoms with van der Waals surface area (Å²) in [4.78, 5) is 7.96. The molecule has 1 aromatic heterocycles. The lowest BCUT2D eigenvalue weighted by Gasteiger charge is -2.38. The first-order valence-electron chi connectivity index (χ1n) is 6.19. The van der Waals surface area contributed by atoms with Crippen molar-refractivity contribution in [3.05, 3.63) is 12.4 Å². The smallest absolute Gasteiger partial charge is 0.218 e. The topological polar surface area (TPSA) is 61.0 Å². The van der Waals surface area contributed by atoms with Crippen LogP contribution in [0.25, 0.3) is 0 Å². The van der Waals surface area contributed by atoms with Gasteiger partial charge in [0.25, 0.3) is 0 Å². The molecule has 2 atom stereocenters. The van der Waals surface area contributed by atoms with Crippen LogP contribution in [0.1, 0.15) is 40.0 Å². The fourth-order valence-corrected chi connectivity index (χ4v) is 2.94. The van der Waals surface area contributed by atoms with Crippen LogP contribution in [-0.4, -0.2) is 16.1 Å².